The summed E-state index contributed by atoms with van der Waals surface area (Å²) >= 11 is 0. The van der Waals surface area contributed by atoms with Crippen LogP contribution in [0.25, 0.3) is 0 Å². The average molecular weight is 195 g/mol. The number of ether oxygens (including phenoxy) is 1. The number of hydrogen-bond acceptors (Lipinski definition) is 2. The number of carbonyl (C=O) groups is 1. The summed E-state index contributed by atoms with van der Waals surface area (Å²) in [5.41, 5.74) is 5.23. The van der Waals surface area contributed by atoms with Gasteiger partial charge in [0, 0.05) is 25.3 Å². The van der Waals surface area contributed by atoms with Crippen molar-refractivity contribution >= 4 is 11.6 Å². The molecule has 14 heavy (non-hydrogen) atoms. The molecule has 0 saturated carbocycles. The molecule has 4 heteroatoms. The summed E-state index contributed by atoms with van der Waals surface area (Å²) in [4.78, 5) is 11.5. The van der Waals surface area contributed by atoms with Gasteiger partial charge in [-0.05, 0) is 12.1 Å². The van der Waals surface area contributed by atoms with E-state index in [9.17, 15) is 4.79 Å². The molecule has 4 nitrogen and oxygen atoms in total. The number of carbonyl (C=O) groups excluding carboxylic acids is 1. The van der Waals surface area contributed by atoms with Gasteiger partial charge in [0.15, 0.2) is 0 Å². The number of quaternary nitrogens is 1. The first kappa shape index (κ1) is 10.7. The van der Waals surface area contributed by atoms with Gasteiger partial charge in [-0.1, -0.05) is 6.07 Å². The van der Waals surface area contributed by atoms with Crippen LogP contribution in [0.3, 0.4) is 0 Å². The molecule has 0 spiro atoms. The van der Waals surface area contributed by atoms with Gasteiger partial charge in [-0.15, -0.1) is 0 Å². The Balaban J connectivity index is 2.52. The van der Waals surface area contributed by atoms with Crippen LogP contribution < -0.4 is 11.1 Å². The predicted molar refractivity (Wildman–Crippen MR) is 53.2 cm³/mol. The molecule has 0 saturated heterocycles. The molecule has 76 valence electrons. The number of methoxy groups -OCH3 is 1. The van der Waals surface area contributed by atoms with E-state index in [2.05, 4.69) is 11.1 Å². The van der Waals surface area contributed by atoms with Gasteiger partial charge in [-0.3, -0.25) is 4.79 Å². The van der Waals surface area contributed by atoms with Crippen molar-refractivity contribution in [2.45, 2.75) is 0 Å². The molecule has 1 aromatic rings. The van der Waals surface area contributed by atoms with E-state index >= 15 is 0 Å². The molecule has 0 fully saturated rings. The lowest BCUT2D eigenvalue weighted by Gasteiger charge is -2.03. The van der Waals surface area contributed by atoms with E-state index in [1.807, 2.05) is 12.1 Å². The van der Waals surface area contributed by atoms with Crippen molar-refractivity contribution in [1.82, 2.24) is 5.32 Å². The van der Waals surface area contributed by atoms with Crippen LogP contribution in [0.1, 0.15) is 10.4 Å². The average Bonchev–Trinajstić information content (AvgIpc) is 2.18. The first-order valence-corrected chi connectivity index (χ1v) is 4.43. The minimum atomic E-state index is -0.0902. The summed E-state index contributed by atoms with van der Waals surface area (Å²) in [5, 5.41) is 2.74. The Morgan fingerprint density at radius 2 is 2.36 bits per heavy atom. The third-order valence-electron chi connectivity index (χ3n) is 1.78. The monoisotopic (exact) mass is 195 g/mol. The summed E-state index contributed by atoms with van der Waals surface area (Å²) in [5.74, 6) is -0.0902. The standard InChI is InChI=1S/C10H14N2O2/c1-14-6-5-12-10(13)8-3-2-4-9(11)7-8/h2-4,7H,5-6,11H2,1H3,(H,12,13)/p+1. The van der Waals surface area contributed by atoms with E-state index in [0.29, 0.717) is 18.7 Å². The predicted octanol–water partition coefficient (Wildman–Crippen LogP) is -0.0638. The molecule has 0 unspecified atom stereocenters. The molecule has 0 aliphatic rings. The number of nitrogens with one attached hydrogen (secondary N) is 1. The van der Waals surface area contributed by atoms with Crippen molar-refractivity contribution in [3.63, 3.8) is 0 Å². The number of benzene rings is 1. The molecule has 1 rings (SSSR count). The highest BCUT2D eigenvalue weighted by Crippen LogP contribution is 2.04. The Morgan fingerprint density at radius 3 is 3.00 bits per heavy atom. The molecule has 0 aromatic heterocycles. The van der Waals surface area contributed by atoms with Gasteiger partial charge in [0.2, 0.25) is 0 Å². The zero-order chi connectivity index (χ0) is 10.4. The summed E-state index contributed by atoms with van der Waals surface area (Å²) in [6.07, 6.45) is 0. The zero-order valence-electron chi connectivity index (χ0n) is 8.25. The van der Waals surface area contributed by atoms with E-state index in [4.69, 9.17) is 4.74 Å². The summed E-state index contributed by atoms with van der Waals surface area (Å²) in [6, 6.07) is 7.18. The molecule has 0 aliphatic carbocycles. The Kier molecular flexibility index (Phi) is 4.10. The van der Waals surface area contributed by atoms with Crippen molar-refractivity contribution in [2.24, 2.45) is 0 Å². The second-order valence-corrected chi connectivity index (χ2v) is 2.95. The number of hydrogen-bond donors (Lipinski definition) is 2. The van der Waals surface area contributed by atoms with Crippen molar-refractivity contribution in [2.75, 3.05) is 20.3 Å². The molecule has 0 radical (unpaired) electrons. The van der Waals surface area contributed by atoms with Crippen LogP contribution in [-0.2, 0) is 4.74 Å². The quantitative estimate of drug-likeness (QED) is 0.661. The van der Waals surface area contributed by atoms with Crippen molar-refractivity contribution in [3.05, 3.63) is 29.8 Å². The number of rotatable bonds is 4. The zero-order valence-corrected chi connectivity index (χ0v) is 8.25. The van der Waals surface area contributed by atoms with Crippen LogP contribution in [0.2, 0.25) is 0 Å². The van der Waals surface area contributed by atoms with Crippen molar-refractivity contribution in [1.29, 1.82) is 0 Å². The first-order chi connectivity index (χ1) is 6.74. The second-order valence-electron chi connectivity index (χ2n) is 2.95. The van der Waals surface area contributed by atoms with Gasteiger partial charge in [0.25, 0.3) is 5.91 Å². The van der Waals surface area contributed by atoms with Crippen LogP contribution in [0.15, 0.2) is 24.3 Å². The Labute approximate surface area is 83.1 Å². The fourth-order valence-electron chi connectivity index (χ4n) is 1.08. The topological polar surface area (TPSA) is 66.0 Å². The van der Waals surface area contributed by atoms with Gasteiger partial charge in [0.1, 0.15) is 5.69 Å². The molecule has 0 bridgehead atoms. The fourth-order valence-corrected chi connectivity index (χ4v) is 1.08. The minimum absolute atomic E-state index is 0.0902. The van der Waals surface area contributed by atoms with Crippen LogP contribution >= 0.6 is 0 Å². The van der Waals surface area contributed by atoms with E-state index in [-0.39, 0.29) is 5.91 Å². The maximum absolute atomic E-state index is 11.5. The van der Waals surface area contributed by atoms with Gasteiger partial charge >= 0.3 is 0 Å². The molecular weight excluding hydrogens is 180 g/mol. The molecule has 0 atom stereocenters. The van der Waals surface area contributed by atoms with E-state index in [1.165, 1.54) is 0 Å². The lowest BCUT2D eigenvalue weighted by atomic mass is 10.2. The minimum Gasteiger partial charge on any atom is -0.383 e. The van der Waals surface area contributed by atoms with E-state index < -0.39 is 0 Å². The molecule has 4 N–H and O–H groups in total. The first-order valence-electron chi connectivity index (χ1n) is 4.43. The molecule has 0 aliphatic heterocycles. The van der Waals surface area contributed by atoms with Crippen LogP contribution in [0, 0.1) is 0 Å². The van der Waals surface area contributed by atoms with Crippen LogP contribution in [-0.4, -0.2) is 26.2 Å². The Hall–Kier alpha value is -1.39. The van der Waals surface area contributed by atoms with Crippen LogP contribution in [0.5, 0.6) is 0 Å². The summed E-state index contributed by atoms with van der Waals surface area (Å²) < 4.78 is 4.82. The Morgan fingerprint density at radius 1 is 1.57 bits per heavy atom. The van der Waals surface area contributed by atoms with Gasteiger partial charge in [-0.25, -0.2) is 0 Å². The largest absolute Gasteiger partial charge is 0.383 e. The van der Waals surface area contributed by atoms with Gasteiger partial charge in [0.05, 0.1) is 6.61 Å². The third kappa shape index (κ3) is 3.16. The SMILES string of the molecule is COCCNC(=O)c1cccc([NH3+])c1. The van der Waals surface area contributed by atoms with Crippen LogP contribution in [0.4, 0.5) is 5.69 Å². The maximum atomic E-state index is 11.5. The van der Waals surface area contributed by atoms with E-state index in [0.717, 1.165) is 5.69 Å². The van der Waals surface area contributed by atoms with Crippen molar-refractivity contribution < 1.29 is 15.3 Å². The number of amides is 1. The highest BCUT2D eigenvalue weighted by atomic mass is 16.5. The van der Waals surface area contributed by atoms with Gasteiger partial charge < -0.3 is 15.8 Å². The lowest BCUT2D eigenvalue weighted by molar-refractivity contribution is -0.254. The molecule has 1 amide bonds. The summed E-state index contributed by atoms with van der Waals surface area (Å²) in [6.45, 7) is 1.05. The molecule has 1 aromatic carbocycles. The smallest absolute Gasteiger partial charge is 0.251 e. The third-order valence-corrected chi connectivity index (χ3v) is 1.78. The highest BCUT2D eigenvalue weighted by molar-refractivity contribution is 5.94. The normalized spacial score (nSPS) is 9.86. The van der Waals surface area contributed by atoms with E-state index in [1.54, 1.807) is 19.2 Å². The summed E-state index contributed by atoms with van der Waals surface area (Å²) in [7, 11) is 1.60. The lowest BCUT2D eigenvalue weighted by Crippen LogP contribution is -2.40. The highest BCUT2D eigenvalue weighted by Gasteiger charge is 2.04. The second kappa shape index (κ2) is 5.36. The fraction of sp³-hybridized carbons (Fsp3) is 0.300. The van der Waals surface area contributed by atoms with Gasteiger partial charge in [-0.2, -0.15) is 0 Å². The Bertz CT molecular complexity index is 313. The van der Waals surface area contributed by atoms with Crippen molar-refractivity contribution in [3.8, 4) is 0 Å². The maximum Gasteiger partial charge on any atom is 0.251 e. The molecule has 0 heterocycles. The molecular formula is C10H15N2O2+.